The lowest BCUT2D eigenvalue weighted by molar-refractivity contribution is 0.0774. The molecule has 114 valence electrons. The molecular formula is C17H20N4O. The van der Waals surface area contributed by atoms with Gasteiger partial charge in [0.2, 0.25) is 0 Å². The monoisotopic (exact) mass is 296 g/mol. The van der Waals surface area contributed by atoms with Crippen molar-refractivity contribution in [1.82, 2.24) is 19.9 Å². The first-order valence-electron chi connectivity index (χ1n) is 7.99. The van der Waals surface area contributed by atoms with Gasteiger partial charge in [-0.05, 0) is 43.7 Å². The average molecular weight is 296 g/mol. The highest BCUT2D eigenvalue weighted by molar-refractivity contribution is 5.92. The summed E-state index contributed by atoms with van der Waals surface area (Å²) >= 11 is 0. The van der Waals surface area contributed by atoms with Crippen LogP contribution >= 0.6 is 0 Å². The highest BCUT2D eigenvalue weighted by Gasteiger charge is 2.38. The smallest absolute Gasteiger partial charge is 0.276 e. The molecule has 2 unspecified atom stereocenters. The van der Waals surface area contributed by atoms with Crippen LogP contribution in [0.25, 0.3) is 5.69 Å². The SMILES string of the molecule is Cc1ccc(-n2cc(C(=O)N3CC4CCCC4C3)nn2)cc1. The summed E-state index contributed by atoms with van der Waals surface area (Å²) in [5.74, 6) is 1.43. The molecule has 1 amide bonds. The fourth-order valence-corrected chi connectivity index (χ4v) is 3.75. The molecule has 1 saturated carbocycles. The molecular weight excluding hydrogens is 276 g/mol. The predicted octanol–water partition coefficient (Wildman–Crippen LogP) is 2.45. The second kappa shape index (κ2) is 5.23. The second-order valence-corrected chi connectivity index (χ2v) is 6.55. The van der Waals surface area contributed by atoms with E-state index in [-0.39, 0.29) is 5.91 Å². The second-order valence-electron chi connectivity index (χ2n) is 6.55. The number of aromatic nitrogens is 3. The van der Waals surface area contributed by atoms with E-state index in [1.807, 2.05) is 36.1 Å². The van der Waals surface area contributed by atoms with Crippen molar-refractivity contribution < 1.29 is 4.79 Å². The number of fused-ring (bicyclic) bond motifs is 1. The standard InChI is InChI=1S/C17H20N4O/c1-12-5-7-15(8-6-12)21-11-16(18-19-21)17(22)20-9-13-3-2-4-14(13)10-20/h5-8,11,13-14H,2-4,9-10H2,1H3. The number of amides is 1. The zero-order valence-corrected chi connectivity index (χ0v) is 12.8. The van der Waals surface area contributed by atoms with E-state index in [2.05, 4.69) is 10.3 Å². The zero-order chi connectivity index (χ0) is 15.1. The Morgan fingerprint density at radius 1 is 1.14 bits per heavy atom. The van der Waals surface area contributed by atoms with Gasteiger partial charge in [0, 0.05) is 13.1 Å². The molecule has 1 saturated heterocycles. The highest BCUT2D eigenvalue weighted by Crippen LogP contribution is 2.38. The van der Waals surface area contributed by atoms with Gasteiger partial charge in [-0.25, -0.2) is 4.68 Å². The Labute approximate surface area is 129 Å². The lowest BCUT2D eigenvalue weighted by atomic mass is 10.0. The van der Waals surface area contributed by atoms with E-state index < -0.39 is 0 Å². The van der Waals surface area contributed by atoms with Crippen LogP contribution in [0.2, 0.25) is 0 Å². The Kier molecular flexibility index (Phi) is 3.21. The number of carbonyl (C=O) groups is 1. The number of likely N-dealkylation sites (tertiary alicyclic amines) is 1. The van der Waals surface area contributed by atoms with Gasteiger partial charge in [-0.2, -0.15) is 0 Å². The van der Waals surface area contributed by atoms with E-state index >= 15 is 0 Å². The number of carbonyl (C=O) groups excluding carboxylic acids is 1. The third-order valence-electron chi connectivity index (χ3n) is 5.02. The summed E-state index contributed by atoms with van der Waals surface area (Å²) in [5, 5.41) is 8.18. The summed E-state index contributed by atoms with van der Waals surface area (Å²) in [7, 11) is 0. The molecule has 2 heterocycles. The molecule has 1 aromatic carbocycles. The van der Waals surface area contributed by atoms with Crippen molar-refractivity contribution in [3.05, 3.63) is 41.7 Å². The Bertz CT molecular complexity index is 679. The molecule has 0 N–H and O–H groups in total. The van der Waals surface area contributed by atoms with Crippen molar-refractivity contribution in [1.29, 1.82) is 0 Å². The van der Waals surface area contributed by atoms with Gasteiger partial charge in [0.05, 0.1) is 11.9 Å². The van der Waals surface area contributed by atoms with Crippen LogP contribution in [-0.2, 0) is 0 Å². The number of benzene rings is 1. The molecule has 1 aromatic heterocycles. The molecule has 5 heteroatoms. The van der Waals surface area contributed by atoms with Crippen molar-refractivity contribution in [2.75, 3.05) is 13.1 Å². The summed E-state index contributed by atoms with van der Waals surface area (Å²) in [6, 6.07) is 8.03. The number of hydrogen-bond donors (Lipinski definition) is 0. The molecule has 0 radical (unpaired) electrons. The van der Waals surface area contributed by atoms with Gasteiger partial charge in [0.15, 0.2) is 5.69 Å². The van der Waals surface area contributed by atoms with Crippen LogP contribution in [-0.4, -0.2) is 38.9 Å². The Morgan fingerprint density at radius 2 is 1.82 bits per heavy atom. The summed E-state index contributed by atoms with van der Waals surface area (Å²) in [6.07, 6.45) is 5.59. The molecule has 4 rings (SSSR count). The first-order chi connectivity index (χ1) is 10.7. The normalized spacial score (nSPS) is 23.8. The lowest BCUT2D eigenvalue weighted by Gasteiger charge is -2.15. The quantitative estimate of drug-likeness (QED) is 0.855. The predicted molar refractivity (Wildman–Crippen MR) is 82.8 cm³/mol. The van der Waals surface area contributed by atoms with E-state index in [0.29, 0.717) is 17.5 Å². The van der Waals surface area contributed by atoms with E-state index in [1.165, 1.54) is 24.8 Å². The van der Waals surface area contributed by atoms with E-state index in [9.17, 15) is 4.79 Å². The van der Waals surface area contributed by atoms with Crippen LogP contribution in [0, 0.1) is 18.8 Å². The van der Waals surface area contributed by atoms with Crippen LogP contribution < -0.4 is 0 Å². The molecule has 0 spiro atoms. The molecule has 0 bridgehead atoms. The number of hydrogen-bond acceptors (Lipinski definition) is 3. The van der Waals surface area contributed by atoms with Crippen molar-refractivity contribution >= 4 is 5.91 Å². The van der Waals surface area contributed by atoms with Crippen molar-refractivity contribution in [3.8, 4) is 5.69 Å². The molecule has 1 aliphatic heterocycles. The largest absolute Gasteiger partial charge is 0.337 e. The van der Waals surface area contributed by atoms with Gasteiger partial charge in [-0.1, -0.05) is 29.3 Å². The molecule has 2 fully saturated rings. The topological polar surface area (TPSA) is 51.0 Å². The first-order valence-corrected chi connectivity index (χ1v) is 7.99. The lowest BCUT2D eigenvalue weighted by Crippen LogP contribution is -2.29. The third-order valence-corrected chi connectivity index (χ3v) is 5.02. The molecule has 22 heavy (non-hydrogen) atoms. The number of rotatable bonds is 2. The molecule has 2 aromatic rings. The maximum absolute atomic E-state index is 12.6. The fraction of sp³-hybridized carbons (Fsp3) is 0.471. The third kappa shape index (κ3) is 2.30. The maximum atomic E-state index is 12.6. The zero-order valence-electron chi connectivity index (χ0n) is 12.8. The maximum Gasteiger partial charge on any atom is 0.276 e. The van der Waals surface area contributed by atoms with Crippen molar-refractivity contribution in [2.45, 2.75) is 26.2 Å². The van der Waals surface area contributed by atoms with E-state index in [0.717, 1.165) is 18.8 Å². The molecule has 2 atom stereocenters. The van der Waals surface area contributed by atoms with Gasteiger partial charge in [0.25, 0.3) is 5.91 Å². The Balaban J connectivity index is 1.51. The van der Waals surface area contributed by atoms with E-state index in [4.69, 9.17) is 0 Å². The van der Waals surface area contributed by atoms with Crippen LogP contribution in [0.4, 0.5) is 0 Å². The van der Waals surface area contributed by atoms with Crippen LogP contribution in [0.3, 0.4) is 0 Å². The minimum atomic E-state index is 0.0211. The minimum absolute atomic E-state index is 0.0211. The van der Waals surface area contributed by atoms with Gasteiger partial charge >= 0.3 is 0 Å². The first kappa shape index (κ1) is 13.5. The summed E-state index contributed by atoms with van der Waals surface area (Å²) < 4.78 is 1.67. The van der Waals surface area contributed by atoms with Gasteiger partial charge < -0.3 is 4.90 Å². The van der Waals surface area contributed by atoms with Gasteiger partial charge in [-0.15, -0.1) is 5.10 Å². The highest BCUT2D eigenvalue weighted by atomic mass is 16.2. The molecule has 5 nitrogen and oxygen atoms in total. The van der Waals surface area contributed by atoms with Crippen LogP contribution in [0.1, 0.15) is 35.3 Å². The average Bonchev–Trinajstić information content (AvgIpc) is 3.22. The van der Waals surface area contributed by atoms with Gasteiger partial charge in [0.1, 0.15) is 0 Å². The van der Waals surface area contributed by atoms with Crippen LogP contribution in [0.5, 0.6) is 0 Å². The Hall–Kier alpha value is -2.17. The van der Waals surface area contributed by atoms with Gasteiger partial charge in [-0.3, -0.25) is 4.79 Å². The summed E-state index contributed by atoms with van der Waals surface area (Å²) in [4.78, 5) is 14.5. The molecule has 1 aliphatic carbocycles. The minimum Gasteiger partial charge on any atom is -0.337 e. The van der Waals surface area contributed by atoms with E-state index in [1.54, 1.807) is 10.9 Å². The van der Waals surface area contributed by atoms with Crippen molar-refractivity contribution in [2.24, 2.45) is 11.8 Å². The van der Waals surface area contributed by atoms with Crippen LogP contribution in [0.15, 0.2) is 30.5 Å². The number of nitrogens with zero attached hydrogens (tertiary/aromatic N) is 4. The fourth-order valence-electron chi connectivity index (χ4n) is 3.75. The van der Waals surface area contributed by atoms with Crippen molar-refractivity contribution in [3.63, 3.8) is 0 Å². The molecule has 2 aliphatic rings. The summed E-state index contributed by atoms with van der Waals surface area (Å²) in [6.45, 7) is 3.83. The summed E-state index contributed by atoms with van der Waals surface area (Å²) in [5.41, 5.74) is 2.57. The Morgan fingerprint density at radius 3 is 2.50 bits per heavy atom. The number of aryl methyl sites for hydroxylation is 1.